The Morgan fingerprint density at radius 3 is 1.15 bits per heavy atom. The molecular formula is C21H38KNaO4. The third kappa shape index (κ3) is 16.0. The molecule has 6 heteroatoms. The molecule has 27 heavy (non-hydrogen) atoms. The Morgan fingerprint density at radius 2 is 0.852 bits per heavy atom. The molecule has 0 radical (unpaired) electrons. The van der Waals surface area contributed by atoms with Crippen LogP contribution in [0.2, 0.25) is 0 Å². The fourth-order valence-electron chi connectivity index (χ4n) is 3.38. The van der Waals surface area contributed by atoms with E-state index >= 15 is 0 Å². The maximum atomic E-state index is 11.5. The molecule has 0 aromatic carbocycles. The van der Waals surface area contributed by atoms with E-state index in [4.69, 9.17) is 0 Å². The molecule has 0 aliphatic heterocycles. The molecule has 0 saturated heterocycles. The average Bonchev–Trinajstić information content (AvgIpc) is 2.57. The minimum atomic E-state index is -1.80. The van der Waals surface area contributed by atoms with Gasteiger partial charge in [0.05, 0.1) is 11.9 Å². The van der Waals surface area contributed by atoms with Gasteiger partial charge in [-0.1, -0.05) is 104 Å². The van der Waals surface area contributed by atoms with E-state index in [-0.39, 0.29) is 93.8 Å². The van der Waals surface area contributed by atoms with Gasteiger partial charge < -0.3 is 19.8 Å². The molecule has 4 nitrogen and oxygen atoms in total. The van der Waals surface area contributed by atoms with Crippen LogP contribution < -0.4 is 91.2 Å². The Bertz CT molecular complexity index is 350. The minimum Gasteiger partial charge on any atom is -0.549 e. The Kier molecular flexibility index (Phi) is 27.4. The first-order chi connectivity index (χ1) is 12.0. The van der Waals surface area contributed by atoms with Crippen LogP contribution in [0.15, 0.2) is 0 Å². The van der Waals surface area contributed by atoms with Crippen molar-refractivity contribution < 1.29 is 101 Å². The number of carbonyl (C=O) groups excluding carboxylic acids is 2. The van der Waals surface area contributed by atoms with E-state index in [1.807, 2.05) is 0 Å². The van der Waals surface area contributed by atoms with Crippen LogP contribution in [0.5, 0.6) is 0 Å². The Labute approximate surface area is 231 Å². The molecule has 0 atom stereocenters. The molecule has 0 heterocycles. The summed E-state index contributed by atoms with van der Waals surface area (Å²) in [7, 11) is 0. The van der Waals surface area contributed by atoms with E-state index in [9.17, 15) is 19.8 Å². The maximum Gasteiger partial charge on any atom is 1.00 e. The number of hydrogen-bond acceptors (Lipinski definition) is 4. The quantitative estimate of drug-likeness (QED) is 0.144. The SMILES string of the molecule is CCCCCCCCCCCCC(CCCCCC)(C(=O)[O-])C(=O)[O-].[K+].[Na+]. The Balaban J connectivity index is -0.00000288. The molecule has 0 aromatic rings. The molecule has 0 fully saturated rings. The number of unbranched alkanes of at least 4 members (excludes halogenated alkanes) is 12. The normalized spacial score (nSPS) is 10.7. The van der Waals surface area contributed by atoms with E-state index in [2.05, 4.69) is 13.8 Å². The van der Waals surface area contributed by atoms with E-state index in [1.54, 1.807) is 0 Å². The molecule has 0 aromatic heterocycles. The zero-order chi connectivity index (χ0) is 19.0. The van der Waals surface area contributed by atoms with Crippen LogP contribution in [0.25, 0.3) is 0 Å². The van der Waals surface area contributed by atoms with Gasteiger partial charge in [0.1, 0.15) is 0 Å². The molecule has 0 unspecified atom stereocenters. The molecule has 0 saturated carbocycles. The summed E-state index contributed by atoms with van der Waals surface area (Å²) in [6, 6.07) is 0. The van der Waals surface area contributed by atoms with E-state index in [0.29, 0.717) is 12.8 Å². The molecule has 0 aliphatic carbocycles. The molecule has 0 bridgehead atoms. The standard InChI is InChI=1S/C21H40O4.K.Na/c1-3-5-7-9-10-11-12-13-14-16-18-21(19(22)23,20(24)25)17-15-8-6-4-2;;/h3-18H2,1-2H3,(H,22,23)(H,24,25);;/q;2*+1/p-2. The van der Waals surface area contributed by atoms with Gasteiger partial charge in [0.25, 0.3) is 0 Å². The largest absolute Gasteiger partial charge is 1.00 e. The van der Waals surface area contributed by atoms with Crippen LogP contribution >= 0.6 is 0 Å². The second-order valence-corrected chi connectivity index (χ2v) is 7.40. The zero-order valence-electron chi connectivity index (χ0n) is 18.4. The third-order valence-electron chi connectivity index (χ3n) is 5.20. The molecule has 0 N–H and O–H groups in total. The molecular weight excluding hydrogens is 378 g/mol. The predicted octanol–water partition coefficient (Wildman–Crippen LogP) is -2.24. The zero-order valence-corrected chi connectivity index (χ0v) is 23.6. The van der Waals surface area contributed by atoms with Crippen LogP contribution in [0.4, 0.5) is 0 Å². The van der Waals surface area contributed by atoms with Crippen molar-refractivity contribution in [1.29, 1.82) is 0 Å². The first-order valence-corrected chi connectivity index (χ1v) is 10.4. The van der Waals surface area contributed by atoms with Gasteiger partial charge in [-0.3, -0.25) is 0 Å². The van der Waals surface area contributed by atoms with Gasteiger partial charge in [-0.05, 0) is 12.8 Å². The summed E-state index contributed by atoms with van der Waals surface area (Å²) in [6.07, 6.45) is 15.1. The van der Waals surface area contributed by atoms with Gasteiger partial charge in [-0.2, -0.15) is 0 Å². The van der Waals surface area contributed by atoms with Crippen molar-refractivity contribution in [3.8, 4) is 0 Å². The smallest absolute Gasteiger partial charge is 0.549 e. The Morgan fingerprint density at radius 1 is 0.593 bits per heavy atom. The van der Waals surface area contributed by atoms with Gasteiger partial charge in [0, 0.05) is 5.41 Å². The number of carboxylic acid groups (broad SMARTS) is 2. The van der Waals surface area contributed by atoms with Gasteiger partial charge in [0.2, 0.25) is 0 Å². The topological polar surface area (TPSA) is 80.3 Å². The van der Waals surface area contributed by atoms with Crippen molar-refractivity contribution in [3.05, 3.63) is 0 Å². The maximum absolute atomic E-state index is 11.5. The van der Waals surface area contributed by atoms with Crippen molar-refractivity contribution in [2.24, 2.45) is 5.41 Å². The summed E-state index contributed by atoms with van der Waals surface area (Å²) < 4.78 is 0. The summed E-state index contributed by atoms with van der Waals surface area (Å²) >= 11 is 0. The summed E-state index contributed by atoms with van der Waals surface area (Å²) in [5.74, 6) is -2.94. The number of hydrogen-bond donors (Lipinski definition) is 0. The summed E-state index contributed by atoms with van der Waals surface area (Å²) in [5.41, 5.74) is -1.80. The second-order valence-electron chi connectivity index (χ2n) is 7.40. The molecule has 148 valence electrons. The molecule has 0 amide bonds. The van der Waals surface area contributed by atoms with Crippen LogP contribution in [0.1, 0.15) is 117 Å². The van der Waals surface area contributed by atoms with E-state index < -0.39 is 17.4 Å². The van der Waals surface area contributed by atoms with Crippen molar-refractivity contribution in [2.45, 2.75) is 117 Å². The van der Waals surface area contributed by atoms with Gasteiger partial charge in [-0.25, -0.2) is 0 Å². The fraction of sp³-hybridized carbons (Fsp3) is 0.905. The molecule has 0 spiro atoms. The molecule has 0 rings (SSSR count). The van der Waals surface area contributed by atoms with Gasteiger partial charge in [0.15, 0.2) is 0 Å². The monoisotopic (exact) mass is 416 g/mol. The Hall–Kier alpha value is 1.58. The number of carbonyl (C=O) groups is 2. The summed E-state index contributed by atoms with van der Waals surface area (Å²) in [5, 5.41) is 23.0. The predicted molar refractivity (Wildman–Crippen MR) is 97.7 cm³/mol. The van der Waals surface area contributed by atoms with Crippen molar-refractivity contribution >= 4 is 11.9 Å². The van der Waals surface area contributed by atoms with Crippen LogP contribution in [0, 0.1) is 5.41 Å². The molecule has 0 aliphatic rings. The minimum absolute atomic E-state index is 0. The third-order valence-corrected chi connectivity index (χ3v) is 5.20. The average molecular weight is 417 g/mol. The van der Waals surface area contributed by atoms with E-state index in [0.717, 1.165) is 38.5 Å². The number of aliphatic carboxylic acids is 2. The van der Waals surface area contributed by atoms with Crippen LogP contribution in [-0.4, -0.2) is 11.9 Å². The van der Waals surface area contributed by atoms with Crippen molar-refractivity contribution in [1.82, 2.24) is 0 Å². The number of carboxylic acids is 2. The van der Waals surface area contributed by atoms with Crippen molar-refractivity contribution in [3.63, 3.8) is 0 Å². The van der Waals surface area contributed by atoms with Gasteiger partial charge >= 0.3 is 80.9 Å². The van der Waals surface area contributed by atoms with Crippen LogP contribution in [0.3, 0.4) is 0 Å². The van der Waals surface area contributed by atoms with Crippen molar-refractivity contribution in [2.75, 3.05) is 0 Å². The summed E-state index contributed by atoms with van der Waals surface area (Å²) in [6.45, 7) is 4.28. The fourth-order valence-corrected chi connectivity index (χ4v) is 3.38. The van der Waals surface area contributed by atoms with E-state index in [1.165, 1.54) is 38.5 Å². The van der Waals surface area contributed by atoms with Crippen LogP contribution in [-0.2, 0) is 9.59 Å². The second kappa shape index (κ2) is 22.3. The number of rotatable bonds is 18. The summed E-state index contributed by atoms with van der Waals surface area (Å²) in [4.78, 5) is 23.0. The first kappa shape index (κ1) is 33.2. The first-order valence-electron chi connectivity index (χ1n) is 10.4. The van der Waals surface area contributed by atoms with Gasteiger partial charge in [-0.15, -0.1) is 0 Å².